The van der Waals surface area contributed by atoms with E-state index in [0.717, 1.165) is 48.4 Å². The first-order chi connectivity index (χ1) is 9.74. The minimum absolute atomic E-state index is 0. The second kappa shape index (κ2) is 8.86. The van der Waals surface area contributed by atoms with Crippen LogP contribution >= 0.6 is 24.0 Å². The fourth-order valence-electron chi connectivity index (χ4n) is 2.14. The highest BCUT2D eigenvalue weighted by molar-refractivity contribution is 14.0. The van der Waals surface area contributed by atoms with Gasteiger partial charge in [0.05, 0.1) is 0 Å². The van der Waals surface area contributed by atoms with Gasteiger partial charge in [0, 0.05) is 37.2 Å². The van der Waals surface area contributed by atoms with Crippen LogP contribution in [0.3, 0.4) is 0 Å². The number of nitrogens with one attached hydrogen (secondary N) is 3. The van der Waals surface area contributed by atoms with Crippen LogP contribution in [0.25, 0.3) is 10.9 Å². The Hall–Kier alpha value is -1.31. The third kappa shape index (κ3) is 4.87. The molecule has 0 aliphatic rings. The van der Waals surface area contributed by atoms with Crippen LogP contribution in [0.4, 0.5) is 4.39 Å². The second-order valence-electron chi connectivity index (χ2n) is 4.68. The zero-order valence-corrected chi connectivity index (χ0v) is 14.7. The predicted octanol–water partition coefficient (Wildman–Crippen LogP) is 3.04. The summed E-state index contributed by atoms with van der Waals surface area (Å²) in [4.78, 5) is 7.31. The SMILES string of the molecule is CCCNC(=NC)NCCc1c[nH]c2ccc(F)cc12.I. The number of hydrogen-bond donors (Lipinski definition) is 3. The highest BCUT2D eigenvalue weighted by Crippen LogP contribution is 2.19. The number of aromatic amines is 1. The number of rotatable bonds is 5. The molecule has 0 bridgehead atoms. The summed E-state index contributed by atoms with van der Waals surface area (Å²) in [5, 5.41) is 7.42. The van der Waals surface area contributed by atoms with Crippen molar-refractivity contribution in [2.75, 3.05) is 20.1 Å². The van der Waals surface area contributed by atoms with E-state index >= 15 is 0 Å². The average Bonchev–Trinajstić information content (AvgIpc) is 2.85. The number of halogens is 2. The Bertz CT molecular complexity index is 594. The lowest BCUT2D eigenvalue weighted by Crippen LogP contribution is -2.38. The number of aliphatic imine (C=N–C) groups is 1. The Labute approximate surface area is 141 Å². The van der Waals surface area contributed by atoms with Crippen LogP contribution in [0.5, 0.6) is 0 Å². The summed E-state index contributed by atoms with van der Waals surface area (Å²) in [5.41, 5.74) is 2.08. The molecular weight excluding hydrogens is 382 g/mol. The number of aromatic nitrogens is 1. The molecule has 4 nitrogen and oxygen atoms in total. The number of hydrogen-bond acceptors (Lipinski definition) is 1. The summed E-state index contributed by atoms with van der Waals surface area (Å²) in [6.07, 6.45) is 3.81. The Morgan fingerprint density at radius 3 is 2.76 bits per heavy atom. The highest BCUT2D eigenvalue weighted by atomic mass is 127. The molecule has 1 aromatic carbocycles. The van der Waals surface area contributed by atoms with E-state index in [1.807, 2.05) is 6.20 Å². The van der Waals surface area contributed by atoms with Gasteiger partial charge in [-0.15, -0.1) is 24.0 Å². The van der Waals surface area contributed by atoms with Crippen LogP contribution < -0.4 is 10.6 Å². The van der Waals surface area contributed by atoms with E-state index in [4.69, 9.17) is 0 Å². The Balaban J connectivity index is 0.00000220. The number of guanidine groups is 1. The number of benzene rings is 1. The summed E-state index contributed by atoms with van der Waals surface area (Å²) in [7, 11) is 1.76. The van der Waals surface area contributed by atoms with Crippen molar-refractivity contribution in [1.82, 2.24) is 15.6 Å². The van der Waals surface area contributed by atoms with Crippen molar-refractivity contribution in [2.24, 2.45) is 4.99 Å². The van der Waals surface area contributed by atoms with E-state index in [1.54, 1.807) is 19.2 Å². The van der Waals surface area contributed by atoms with Gasteiger partial charge >= 0.3 is 0 Å². The molecule has 0 fully saturated rings. The monoisotopic (exact) mass is 404 g/mol. The molecule has 0 aliphatic heterocycles. The van der Waals surface area contributed by atoms with E-state index in [0.29, 0.717) is 0 Å². The predicted molar refractivity (Wildman–Crippen MR) is 97.0 cm³/mol. The number of nitrogens with zero attached hydrogens (tertiary/aromatic N) is 1. The molecule has 116 valence electrons. The molecule has 0 saturated carbocycles. The third-order valence-corrected chi connectivity index (χ3v) is 3.18. The van der Waals surface area contributed by atoms with Crippen LogP contribution in [0, 0.1) is 5.82 Å². The van der Waals surface area contributed by atoms with Gasteiger partial charge in [-0.3, -0.25) is 4.99 Å². The topological polar surface area (TPSA) is 52.2 Å². The summed E-state index contributed by atoms with van der Waals surface area (Å²) in [5.74, 6) is 0.601. The van der Waals surface area contributed by atoms with Crippen LogP contribution in [0.15, 0.2) is 29.4 Å². The van der Waals surface area contributed by atoms with E-state index in [1.165, 1.54) is 6.07 Å². The van der Waals surface area contributed by atoms with Gasteiger partial charge in [0.25, 0.3) is 0 Å². The molecule has 0 saturated heterocycles. The second-order valence-corrected chi connectivity index (χ2v) is 4.68. The molecule has 0 amide bonds. The van der Waals surface area contributed by atoms with Gasteiger partial charge < -0.3 is 15.6 Å². The summed E-state index contributed by atoms with van der Waals surface area (Å²) >= 11 is 0. The van der Waals surface area contributed by atoms with Gasteiger partial charge in [0.15, 0.2) is 5.96 Å². The average molecular weight is 404 g/mol. The van der Waals surface area contributed by atoms with Crippen LogP contribution in [0.1, 0.15) is 18.9 Å². The van der Waals surface area contributed by atoms with Gasteiger partial charge in [-0.1, -0.05) is 6.92 Å². The Morgan fingerprint density at radius 1 is 1.29 bits per heavy atom. The normalized spacial score (nSPS) is 11.3. The lowest BCUT2D eigenvalue weighted by molar-refractivity contribution is 0.629. The lowest BCUT2D eigenvalue weighted by Gasteiger charge is -2.10. The molecule has 1 heterocycles. The van der Waals surface area contributed by atoms with E-state index < -0.39 is 0 Å². The zero-order valence-electron chi connectivity index (χ0n) is 12.4. The fraction of sp³-hybridized carbons (Fsp3) is 0.400. The molecule has 1 aromatic heterocycles. The zero-order chi connectivity index (χ0) is 14.4. The molecule has 3 N–H and O–H groups in total. The maximum atomic E-state index is 13.3. The molecule has 0 radical (unpaired) electrons. The van der Waals surface area contributed by atoms with Gasteiger partial charge in [-0.05, 0) is 36.6 Å². The minimum atomic E-state index is -0.202. The summed E-state index contributed by atoms with van der Waals surface area (Å²) < 4.78 is 13.3. The first-order valence-electron chi connectivity index (χ1n) is 6.94. The van der Waals surface area contributed by atoms with Gasteiger partial charge in [-0.25, -0.2) is 4.39 Å². The Morgan fingerprint density at radius 2 is 2.05 bits per heavy atom. The molecule has 0 unspecified atom stereocenters. The standard InChI is InChI=1S/C15H21FN4.HI/c1-3-7-18-15(17-2)19-8-6-11-10-20-14-5-4-12(16)9-13(11)14;/h4-5,9-10,20H,3,6-8H2,1-2H3,(H2,17,18,19);1H. The van der Waals surface area contributed by atoms with Gasteiger partial charge in [-0.2, -0.15) is 0 Å². The first kappa shape index (κ1) is 17.7. The molecule has 6 heteroatoms. The molecule has 21 heavy (non-hydrogen) atoms. The summed E-state index contributed by atoms with van der Waals surface area (Å²) in [6, 6.07) is 4.81. The van der Waals surface area contributed by atoms with Crippen molar-refractivity contribution in [3.05, 3.63) is 35.8 Å². The van der Waals surface area contributed by atoms with Crippen LogP contribution in [-0.4, -0.2) is 31.1 Å². The Kier molecular flexibility index (Phi) is 7.49. The van der Waals surface area contributed by atoms with E-state index in [9.17, 15) is 4.39 Å². The van der Waals surface area contributed by atoms with Gasteiger partial charge in [0.1, 0.15) is 5.82 Å². The smallest absolute Gasteiger partial charge is 0.190 e. The minimum Gasteiger partial charge on any atom is -0.361 e. The largest absolute Gasteiger partial charge is 0.361 e. The first-order valence-corrected chi connectivity index (χ1v) is 6.94. The third-order valence-electron chi connectivity index (χ3n) is 3.18. The number of H-pyrrole nitrogens is 1. The lowest BCUT2D eigenvalue weighted by atomic mass is 10.1. The maximum absolute atomic E-state index is 13.3. The fourth-order valence-corrected chi connectivity index (χ4v) is 2.14. The maximum Gasteiger partial charge on any atom is 0.190 e. The summed E-state index contributed by atoms with van der Waals surface area (Å²) in [6.45, 7) is 3.77. The van der Waals surface area contributed by atoms with Crippen molar-refractivity contribution in [1.29, 1.82) is 0 Å². The van der Waals surface area contributed by atoms with E-state index in [-0.39, 0.29) is 29.8 Å². The molecule has 0 spiro atoms. The van der Waals surface area contributed by atoms with E-state index in [2.05, 4.69) is 27.5 Å². The van der Waals surface area contributed by atoms with Crippen molar-refractivity contribution in [3.8, 4) is 0 Å². The molecule has 0 aliphatic carbocycles. The highest BCUT2D eigenvalue weighted by Gasteiger charge is 2.05. The molecule has 2 rings (SSSR count). The van der Waals surface area contributed by atoms with Gasteiger partial charge in [0.2, 0.25) is 0 Å². The van der Waals surface area contributed by atoms with Crippen molar-refractivity contribution in [2.45, 2.75) is 19.8 Å². The van der Waals surface area contributed by atoms with Crippen molar-refractivity contribution in [3.63, 3.8) is 0 Å². The van der Waals surface area contributed by atoms with Crippen LogP contribution in [-0.2, 0) is 6.42 Å². The van der Waals surface area contributed by atoms with Crippen LogP contribution in [0.2, 0.25) is 0 Å². The quantitative estimate of drug-likeness (QED) is 0.408. The van der Waals surface area contributed by atoms with Crippen molar-refractivity contribution >= 4 is 40.8 Å². The molecular formula is C15H22FIN4. The molecule has 2 aromatic rings. The molecule has 0 atom stereocenters. The van der Waals surface area contributed by atoms with Crippen molar-refractivity contribution < 1.29 is 4.39 Å². The number of fused-ring (bicyclic) bond motifs is 1.